The van der Waals surface area contributed by atoms with Gasteiger partial charge in [-0.25, -0.2) is 4.31 Å². The third-order valence-electron chi connectivity index (χ3n) is 1.89. The molecule has 0 N–H and O–H groups in total. The molecule has 80 valence electrons. The zero-order valence-corrected chi connectivity index (χ0v) is 9.82. The van der Waals surface area contributed by atoms with Crippen molar-refractivity contribution in [2.75, 3.05) is 6.54 Å². The second kappa shape index (κ2) is 5.73. The number of nitrogens with zero attached hydrogens (tertiary/aromatic N) is 1. The third kappa shape index (κ3) is 5.39. The van der Waals surface area contributed by atoms with Gasteiger partial charge in [-0.15, -0.1) is 0 Å². The summed E-state index contributed by atoms with van der Waals surface area (Å²) in [5.41, 5.74) is -0.291. The first-order chi connectivity index (χ1) is 5.89. The minimum absolute atomic E-state index is 0.291. The Hall–Kier alpha value is 0.0700. The molecule has 3 nitrogen and oxygen atoms in total. The Bertz CT molecular complexity index is 165. The highest BCUT2D eigenvalue weighted by molar-refractivity contribution is 7.76. The molecule has 1 atom stereocenters. The summed E-state index contributed by atoms with van der Waals surface area (Å²) in [4.78, 5) is 0. The van der Waals surface area contributed by atoms with Crippen LogP contribution < -0.4 is 0 Å². The zero-order chi connectivity index (χ0) is 10.5. The Kier molecular flexibility index (Phi) is 5.76. The summed E-state index contributed by atoms with van der Waals surface area (Å²) in [7, 11) is 0. The predicted molar refractivity (Wildman–Crippen MR) is 54.9 cm³/mol. The van der Waals surface area contributed by atoms with Crippen LogP contribution in [0.2, 0.25) is 0 Å². The quantitative estimate of drug-likeness (QED) is 0.510. The molecule has 0 radical (unpaired) electrons. The van der Waals surface area contributed by atoms with E-state index in [-0.39, 0.29) is 5.54 Å². The van der Waals surface area contributed by atoms with Gasteiger partial charge in [0.1, 0.15) is 0 Å². The van der Waals surface area contributed by atoms with Crippen LogP contribution in [0.15, 0.2) is 0 Å². The molecule has 0 bridgehead atoms. The van der Waals surface area contributed by atoms with E-state index in [0.29, 0.717) is 6.54 Å². The van der Waals surface area contributed by atoms with Crippen molar-refractivity contribution >= 4 is 11.3 Å². The summed E-state index contributed by atoms with van der Waals surface area (Å²) in [6, 6.07) is 0. The highest BCUT2D eigenvalue weighted by Gasteiger charge is 2.21. The molecule has 0 saturated heterocycles. The number of hydrogen-bond donors (Lipinski definition) is 0. The largest absolute Gasteiger partial charge is 0.760 e. The molecule has 0 fully saturated rings. The van der Waals surface area contributed by atoms with Crippen molar-refractivity contribution in [3.63, 3.8) is 0 Å². The van der Waals surface area contributed by atoms with E-state index in [4.69, 9.17) is 0 Å². The van der Waals surface area contributed by atoms with Gasteiger partial charge in [0.15, 0.2) is 0 Å². The van der Waals surface area contributed by atoms with Crippen molar-refractivity contribution < 1.29 is 8.76 Å². The SMILES string of the molecule is CCCCCN(S(=O)[O-])C(C)(C)C. The predicted octanol–water partition coefficient (Wildman–Crippen LogP) is 2.07. The second-order valence-corrected chi connectivity index (χ2v) is 5.07. The summed E-state index contributed by atoms with van der Waals surface area (Å²) < 4.78 is 23.2. The van der Waals surface area contributed by atoms with Crippen molar-refractivity contribution in [2.24, 2.45) is 0 Å². The molecular formula is C9H20NO2S-. The van der Waals surface area contributed by atoms with Gasteiger partial charge in [-0.05, 0) is 27.2 Å². The fraction of sp³-hybridized carbons (Fsp3) is 1.00. The van der Waals surface area contributed by atoms with Gasteiger partial charge < -0.3 is 4.55 Å². The first kappa shape index (κ1) is 13.1. The van der Waals surface area contributed by atoms with E-state index in [1.165, 1.54) is 4.31 Å². The van der Waals surface area contributed by atoms with Crippen LogP contribution in [0.4, 0.5) is 0 Å². The molecule has 13 heavy (non-hydrogen) atoms. The summed E-state index contributed by atoms with van der Waals surface area (Å²) in [5.74, 6) is 0. The lowest BCUT2D eigenvalue weighted by atomic mass is 10.1. The van der Waals surface area contributed by atoms with Crippen LogP contribution in [0.3, 0.4) is 0 Å². The third-order valence-corrected chi connectivity index (χ3v) is 2.98. The maximum absolute atomic E-state index is 10.9. The van der Waals surface area contributed by atoms with E-state index in [1.54, 1.807) is 0 Å². The lowest BCUT2D eigenvalue weighted by molar-refractivity contribution is 0.238. The smallest absolute Gasteiger partial charge is 0.0241 e. The number of rotatable bonds is 5. The van der Waals surface area contributed by atoms with Gasteiger partial charge >= 0.3 is 0 Å². The van der Waals surface area contributed by atoms with Gasteiger partial charge in [-0.1, -0.05) is 19.8 Å². The van der Waals surface area contributed by atoms with Crippen LogP contribution in [-0.2, 0) is 11.3 Å². The topological polar surface area (TPSA) is 43.4 Å². The van der Waals surface area contributed by atoms with Crippen molar-refractivity contribution in [3.05, 3.63) is 0 Å². The molecule has 1 unspecified atom stereocenters. The van der Waals surface area contributed by atoms with Crippen molar-refractivity contribution in [1.29, 1.82) is 0 Å². The fourth-order valence-electron chi connectivity index (χ4n) is 1.14. The molecule has 0 aromatic rings. The molecule has 0 aromatic carbocycles. The van der Waals surface area contributed by atoms with Gasteiger partial charge in [0, 0.05) is 23.4 Å². The minimum Gasteiger partial charge on any atom is -0.760 e. The van der Waals surface area contributed by atoms with E-state index in [9.17, 15) is 8.76 Å². The van der Waals surface area contributed by atoms with Gasteiger partial charge in [-0.2, -0.15) is 0 Å². The number of unbranched alkanes of at least 4 members (excludes halogenated alkanes) is 2. The Morgan fingerprint density at radius 1 is 1.31 bits per heavy atom. The first-order valence-electron chi connectivity index (χ1n) is 4.76. The monoisotopic (exact) mass is 206 g/mol. The average molecular weight is 206 g/mol. The molecule has 0 rings (SSSR count). The molecule has 0 saturated carbocycles. The molecule has 0 aliphatic carbocycles. The summed E-state index contributed by atoms with van der Waals surface area (Å²) in [6.07, 6.45) is 3.15. The van der Waals surface area contributed by atoms with Crippen LogP contribution in [0, 0.1) is 0 Å². The normalized spacial score (nSPS) is 14.9. The van der Waals surface area contributed by atoms with E-state index >= 15 is 0 Å². The Morgan fingerprint density at radius 3 is 2.15 bits per heavy atom. The van der Waals surface area contributed by atoms with Crippen LogP contribution in [-0.4, -0.2) is 25.2 Å². The van der Waals surface area contributed by atoms with Crippen LogP contribution in [0.5, 0.6) is 0 Å². The lowest BCUT2D eigenvalue weighted by Gasteiger charge is -2.36. The van der Waals surface area contributed by atoms with Crippen LogP contribution >= 0.6 is 0 Å². The average Bonchev–Trinajstić information content (AvgIpc) is 1.94. The van der Waals surface area contributed by atoms with Crippen molar-refractivity contribution in [2.45, 2.75) is 52.5 Å². The van der Waals surface area contributed by atoms with Crippen LogP contribution in [0.25, 0.3) is 0 Å². The molecule has 0 aliphatic heterocycles. The highest BCUT2D eigenvalue weighted by atomic mass is 32.2. The molecule has 0 spiro atoms. The Labute approximate surface area is 83.9 Å². The van der Waals surface area contributed by atoms with Gasteiger partial charge in [0.05, 0.1) is 0 Å². The van der Waals surface area contributed by atoms with E-state index in [2.05, 4.69) is 6.92 Å². The highest BCUT2D eigenvalue weighted by Crippen LogP contribution is 2.15. The van der Waals surface area contributed by atoms with E-state index < -0.39 is 11.3 Å². The van der Waals surface area contributed by atoms with Crippen molar-refractivity contribution in [1.82, 2.24) is 4.31 Å². The molecule has 0 heterocycles. The molecule has 0 amide bonds. The lowest BCUT2D eigenvalue weighted by Crippen LogP contribution is -2.42. The van der Waals surface area contributed by atoms with Gasteiger partial charge in [0.25, 0.3) is 0 Å². The fourth-order valence-corrected chi connectivity index (χ4v) is 1.86. The maximum atomic E-state index is 10.9. The Balaban J connectivity index is 4.04. The molecule has 4 heteroatoms. The Morgan fingerprint density at radius 2 is 1.85 bits per heavy atom. The van der Waals surface area contributed by atoms with Crippen LogP contribution in [0.1, 0.15) is 47.0 Å². The minimum atomic E-state index is -2.09. The van der Waals surface area contributed by atoms with Crippen molar-refractivity contribution in [3.8, 4) is 0 Å². The maximum Gasteiger partial charge on any atom is 0.0241 e. The standard InChI is InChI=1S/C9H21NO2S/c1-5-6-7-8-10(13(11)12)9(2,3)4/h5-8H2,1-4H3,(H,11,12)/p-1. The van der Waals surface area contributed by atoms with E-state index in [0.717, 1.165) is 19.3 Å². The summed E-state index contributed by atoms with van der Waals surface area (Å²) in [5, 5.41) is 0. The zero-order valence-electron chi connectivity index (χ0n) is 9.00. The number of hydrogen-bond acceptors (Lipinski definition) is 2. The van der Waals surface area contributed by atoms with Gasteiger partial charge in [0.2, 0.25) is 0 Å². The molecular weight excluding hydrogens is 186 g/mol. The van der Waals surface area contributed by atoms with E-state index in [1.807, 2.05) is 20.8 Å². The second-order valence-electron chi connectivity index (χ2n) is 4.20. The van der Waals surface area contributed by atoms with Gasteiger partial charge in [-0.3, -0.25) is 4.21 Å². The summed E-state index contributed by atoms with van der Waals surface area (Å²) in [6.45, 7) is 8.47. The first-order valence-corrected chi connectivity index (χ1v) is 5.79. The molecule has 0 aromatic heterocycles. The summed E-state index contributed by atoms with van der Waals surface area (Å²) >= 11 is -2.09. The molecule has 0 aliphatic rings.